The van der Waals surface area contributed by atoms with Crippen molar-refractivity contribution in [3.63, 3.8) is 0 Å². The molecule has 35 heavy (non-hydrogen) atoms. The molecule has 0 aliphatic carbocycles. The second-order valence-corrected chi connectivity index (χ2v) is 7.72. The Hall–Kier alpha value is -4.47. The number of ether oxygens (including phenoxy) is 2. The zero-order chi connectivity index (χ0) is 24.9. The summed E-state index contributed by atoms with van der Waals surface area (Å²) in [7, 11) is 0. The van der Waals surface area contributed by atoms with Gasteiger partial charge in [-0.3, -0.25) is 4.79 Å². The Bertz CT molecular complexity index is 1420. The van der Waals surface area contributed by atoms with Gasteiger partial charge in [0.25, 0.3) is 5.91 Å². The van der Waals surface area contributed by atoms with Crippen molar-refractivity contribution >= 4 is 23.0 Å². The van der Waals surface area contributed by atoms with E-state index in [9.17, 15) is 14.4 Å². The number of carbonyl (C=O) groups is 2. The molecule has 4 aromatic rings. The highest BCUT2D eigenvalue weighted by atomic mass is 16.5. The Morgan fingerprint density at radius 2 is 1.74 bits per heavy atom. The van der Waals surface area contributed by atoms with Crippen LogP contribution in [-0.2, 0) is 4.74 Å². The molecule has 0 bridgehead atoms. The number of primary amides is 1. The maximum Gasteiger partial charge on any atom is 0.338 e. The molecule has 0 atom stereocenters. The van der Waals surface area contributed by atoms with Gasteiger partial charge in [0.1, 0.15) is 11.3 Å². The van der Waals surface area contributed by atoms with Crippen LogP contribution < -0.4 is 16.2 Å². The Morgan fingerprint density at radius 3 is 2.37 bits per heavy atom. The molecule has 0 fully saturated rings. The number of hydrogen-bond donors (Lipinski definition) is 2. The Morgan fingerprint density at radius 1 is 1.03 bits per heavy atom. The lowest BCUT2D eigenvalue weighted by Crippen LogP contribution is -2.15. The number of aromatic nitrogens is 4. The van der Waals surface area contributed by atoms with Gasteiger partial charge in [-0.05, 0) is 61.9 Å². The lowest BCUT2D eigenvalue weighted by Gasteiger charge is -2.08. The van der Waals surface area contributed by atoms with E-state index >= 15 is 0 Å². The maximum absolute atomic E-state index is 12.9. The van der Waals surface area contributed by atoms with Gasteiger partial charge in [-0.15, -0.1) is 0 Å². The van der Waals surface area contributed by atoms with Crippen molar-refractivity contribution in [1.82, 2.24) is 19.5 Å². The van der Waals surface area contributed by atoms with Crippen LogP contribution in [0.2, 0.25) is 0 Å². The number of nitrogens with one attached hydrogen (secondary N) is 1. The quantitative estimate of drug-likeness (QED) is 0.279. The molecular formula is C25H25N5O5. The van der Waals surface area contributed by atoms with Gasteiger partial charge in [-0.1, -0.05) is 13.3 Å². The third kappa shape index (κ3) is 4.91. The second kappa shape index (κ2) is 10.2. The summed E-state index contributed by atoms with van der Waals surface area (Å²) in [5.41, 5.74) is 6.65. The number of nitrogens with zero attached hydrogens (tertiary/aromatic N) is 3. The first-order valence-corrected chi connectivity index (χ1v) is 11.3. The number of benzene rings is 2. The molecule has 2 aromatic carbocycles. The SMILES string of the molecule is CCCCOC(=O)c1ccc(-n2c(=O)[nH]c3c(C(N)=O)nc(-c4ccc(OCC)cc4)nc32)cc1. The summed E-state index contributed by atoms with van der Waals surface area (Å²) in [5.74, 6) is -0.340. The van der Waals surface area contributed by atoms with E-state index in [1.807, 2.05) is 13.8 Å². The van der Waals surface area contributed by atoms with Crippen LogP contribution in [0.4, 0.5) is 0 Å². The number of amides is 1. The number of hydrogen-bond acceptors (Lipinski definition) is 7. The smallest absolute Gasteiger partial charge is 0.338 e. The fourth-order valence-electron chi connectivity index (χ4n) is 3.54. The van der Waals surface area contributed by atoms with E-state index in [1.165, 1.54) is 4.57 Å². The summed E-state index contributed by atoms with van der Waals surface area (Å²) in [4.78, 5) is 48.7. The molecule has 0 saturated carbocycles. The third-order valence-corrected chi connectivity index (χ3v) is 5.29. The molecule has 0 saturated heterocycles. The summed E-state index contributed by atoms with van der Waals surface area (Å²) in [6.45, 7) is 4.77. The zero-order valence-corrected chi connectivity index (χ0v) is 19.4. The Kier molecular flexibility index (Phi) is 6.91. The van der Waals surface area contributed by atoms with Crippen molar-refractivity contribution in [2.24, 2.45) is 5.73 Å². The number of aromatic amines is 1. The number of nitrogens with two attached hydrogens (primary N) is 1. The summed E-state index contributed by atoms with van der Waals surface area (Å²) in [6, 6.07) is 13.4. The first-order valence-electron chi connectivity index (χ1n) is 11.3. The summed E-state index contributed by atoms with van der Waals surface area (Å²) >= 11 is 0. The van der Waals surface area contributed by atoms with Crippen molar-refractivity contribution in [1.29, 1.82) is 0 Å². The van der Waals surface area contributed by atoms with Gasteiger partial charge in [-0.25, -0.2) is 24.1 Å². The average Bonchev–Trinajstić information content (AvgIpc) is 3.19. The normalized spacial score (nSPS) is 10.9. The van der Waals surface area contributed by atoms with E-state index < -0.39 is 17.6 Å². The first-order chi connectivity index (χ1) is 16.9. The molecule has 4 rings (SSSR count). The van der Waals surface area contributed by atoms with Crippen LogP contribution in [0.15, 0.2) is 53.3 Å². The van der Waals surface area contributed by atoms with Crippen LogP contribution in [0.1, 0.15) is 47.5 Å². The van der Waals surface area contributed by atoms with Crippen molar-refractivity contribution in [2.45, 2.75) is 26.7 Å². The number of fused-ring (bicyclic) bond motifs is 1. The molecule has 180 valence electrons. The largest absolute Gasteiger partial charge is 0.494 e. The predicted molar refractivity (Wildman–Crippen MR) is 130 cm³/mol. The van der Waals surface area contributed by atoms with Gasteiger partial charge in [0.15, 0.2) is 17.2 Å². The van der Waals surface area contributed by atoms with Gasteiger partial charge >= 0.3 is 11.7 Å². The molecule has 0 spiro atoms. The summed E-state index contributed by atoms with van der Waals surface area (Å²) < 4.78 is 12.0. The van der Waals surface area contributed by atoms with E-state index in [1.54, 1.807) is 48.5 Å². The molecule has 0 radical (unpaired) electrons. The van der Waals surface area contributed by atoms with Crippen molar-refractivity contribution in [3.8, 4) is 22.8 Å². The van der Waals surface area contributed by atoms with Gasteiger partial charge in [0.05, 0.1) is 24.5 Å². The number of H-pyrrole nitrogens is 1. The van der Waals surface area contributed by atoms with Crippen molar-refractivity contribution in [3.05, 3.63) is 70.3 Å². The molecular weight excluding hydrogens is 450 g/mol. The van der Waals surface area contributed by atoms with Gasteiger partial charge < -0.3 is 20.2 Å². The molecule has 10 nitrogen and oxygen atoms in total. The fourth-order valence-corrected chi connectivity index (χ4v) is 3.54. The molecule has 2 aromatic heterocycles. The standard InChI is InChI=1S/C25H25N5O5/c1-3-5-14-35-24(32)16-6-10-17(11-7-16)30-23-20(28-25(30)33)19(21(26)31)27-22(29-23)15-8-12-18(13-9-15)34-4-2/h6-13H,3-5,14H2,1-2H3,(H2,26,31)(H,28,33). The first kappa shape index (κ1) is 23.7. The van der Waals surface area contributed by atoms with Crippen LogP contribution in [0.3, 0.4) is 0 Å². The van der Waals surface area contributed by atoms with E-state index in [4.69, 9.17) is 15.2 Å². The zero-order valence-electron chi connectivity index (χ0n) is 19.4. The maximum atomic E-state index is 12.9. The Balaban J connectivity index is 1.77. The predicted octanol–water partition coefficient (Wildman–Crippen LogP) is 3.23. The van der Waals surface area contributed by atoms with Gasteiger partial charge in [0, 0.05) is 5.56 Å². The van der Waals surface area contributed by atoms with Crippen LogP contribution in [0.25, 0.3) is 28.2 Å². The minimum absolute atomic E-state index is 0.106. The van der Waals surface area contributed by atoms with Crippen LogP contribution in [-0.4, -0.2) is 44.6 Å². The monoisotopic (exact) mass is 475 g/mol. The van der Waals surface area contributed by atoms with E-state index in [0.29, 0.717) is 35.8 Å². The molecule has 10 heteroatoms. The fraction of sp³-hybridized carbons (Fsp3) is 0.240. The number of esters is 1. The van der Waals surface area contributed by atoms with Crippen molar-refractivity contribution in [2.75, 3.05) is 13.2 Å². The molecule has 3 N–H and O–H groups in total. The highest BCUT2D eigenvalue weighted by Gasteiger charge is 2.20. The molecule has 0 unspecified atom stereocenters. The molecule has 0 aliphatic rings. The van der Waals surface area contributed by atoms with Crippen LogP contribution in [0, 0.1) is 0 Å². The molecule has 1 amide bonds. The minimum atomic E-state index is -0.803. The third-order valence-electron chi connectivity index (χ3n) is 5.29. The van der Waals surface area contributed by atoms with E-state index in [2.05, 4.69) is 15.0 Å². The highest BCUT2D eigenvalue weighted by molar-refractivity contribution is 6.02. The number of imidazole rings is 1. The minimum Gasteiger partial charge on any atom is -0.494 e. The summed E-state index contributed by atoms with van der Waals surface area (Å²) in [6.07, 6.45) is 1.71. The van der Waals surface area contributed by atoms with Gasteiger partial charge in [-0.2, -0.15) is 0 Å². The van der Waals surface area contributed by atoms with E-state index in [-0.39, 0.29) is 22.7 Å². The van der Waals surface area contributed by atoms with Crippen LogP contribution in [0.5, 0.6) is 5.75 Å². The van der Waals surface area contributed by atoms with Crippen molar-refractivity contribution < 1.29 is 19.1 Å². The van der Waals surface area contributed by atoms with Crippen LogP contribution >= 0.6 is 0 Å². The van der Waals surface area contributed by atoms with E-state index in [0.717, 1.165) is 12.8 Å². The molecule has 2 heterocycles. The number of unbranched alkanes of at least 4 members (excludes halogenated alkanes) is 1. The highest BCUT2D eigenvalue weighted by Crippen LogP contribution is 2.24. The molecule has 0 aliphatic heterocycles. The number of carbonyl (C=O) groups excluding carboxylic acids is 2. The Labute approximate surface area is 200 Å². The lowest BCUT2D eigenvalue weighted by atomic mass is 10.2. The van der Waals surface area contributed by atoms with Gasteiger partial charge in [0.2, 0.25) is 0 Å². The average molecular weight is 476 g/mol. The topological polar surface area (TPSA) is 142 Å². The second-order valence-electron chi connectivity index (χ2n) is 7.72. The number of rotatable bonds is 9. The lowest BCUT2D eigenvalue weighted by molar-refractivity contribution is 0.0499. The summed E-state index contributed by atoms with van der Waals surface area (Å²) in [5, 5.41) is 0.